The average molecular weight is 394 g/mol. The predicted molar refractivity (Wildman–Crippen MR) is 103 cm³/mol. The molecule has 2 aromatic rings. The zero-order valence-electron chi connectivity index (χ0n) is 15.3. The van der Waals surface area contributed by atoms with Crippen LogP contribution in [0.1, 0.15) is 25.0 Å². The second kappa shape index (κ2) is 7.73. The Morgan fingerprint density at radius 1 is 0.769 bits per heavy atom. The fraction of sp³-hybridized carbons (Fsp3) is 0.263. The molecule has 7 heteroatoms. The molecule has 5 nitrogen and oxygen atoms in total. The summed E-state index contributed by atoms with van der Waals surface area (Å²) in [5.74, 6) is 0. The summed E-state index contributed by atoms with van der Waals surface area (Å²) >= 11 is 0. The zero-order valence-corrected chi connectivity index (χ0v) is 16.9. The summed E-state index contributed by atoms with van der Waals surface area (Å²) in [6, 6.07) is 12.3. The Bertz CT molecular complexity index is 925. The van der Waals surface area contributed by atoms with Gasteiger partial charge in [0.15, 0.2) is 0 Å². The standard InChI is InChI=1S/C19H23NO4S2/c1-15(2)13-14-20(25(21,22)18-9-5-16(3)6-10-18)26(23,24)19-11-7-17(4)8-12-19/h5-13H,14H2,1-4H3. The van der Waals surface area contributed by atoms with Gasteiger partial charge in [-0.05, 0) is 52.0 Å². The fourth-order valence-corrected chi connectivity index (χ4v) is 5.76. The molecule has 0 aliphatic carbocycles. The van der Waals surface area contributed by atoms with E-state index < -0.39 is 20.0 Å². The minimum Gasteiger partial charge on any atom is -0.206 e. The fourth-order valence-electron chi connectivity index (χ4n) is 2.24. The summed E-state index contributed by atoms with van der Waals surface area (Å²) in [6.07, 6.45) is 1.58. The monoisotopic (exact) mass is 393 g/mol. The number of aryl methyl sites for hydroxylation is 2. The first-order valence-electron chi connectivity index (χ1n) is 8.10. The van der Waals surface area contributed by atoms with Crippen molar-refractivity contribution in [2.24, 2.45) is 0 Å². The molecular weight excluding hydrogens is 370 g/mol. The Balaban J connectivity index is 2.60. The van der Waals surface area contributed by atoms with Gasteiger partial charge in [0.2, 0.25) is 0 Å². The maximum Gasteiger partial charge on any atom is 0.256 e. The van der Waals surface area contributed by atoms with E-state index in [1.165, 1.54) is 24.3 Å². The van der Waals surface area contributed by atoms with Crippen molar-refractivity contribution < 1.29 is 16.8 Å². The lowest BCUT2D eigenvalue weighted by atomic mass is 10.2. The van der Waals surface area contributed by atoms with E-state index in [-0.39, 0.29) is 16.3 Å². The SMILES string of the molecule is CC(C)=CCN(S(=O)(=O)c1ccc(C)cc1)S(=O)(=O)c1ccc(C)cc1. The molecule has 0 amide bonds. The Morgan fingerprint density at radius 3 is 1.42 bits per heavy atom. The van der Waals surface area contributed by atoms with Gasteiger partial charge in [0.25, 0.3) is 20.0 Å². The molecule has 0 saturated heterocycles. The number of hydrogen-bond donors (Lipinski definition) is 0. The molecule has 26 heavy (non-hydrogen) atoms. The van der Waals surface area contributed by atoms with Crippen molar-refractivity contribution >= 4 is 20.0 Å². The third-order valence-electron chi connectivity index (χ3n) is 3.82. The Labute approximate surface area is 156 Å². The van der Waals surface area contributed by atoms with E-state index >= 15 is 0 Å². The van der Waals surface area contributed by atoms with Gasteiger partial charge in [-0.1, -0.05) is 50.8 Å². The highest BCUT2D eigenvalue weighted by Gasteiger charge is 2.35. The quantitative estimate of drug-likeness (QED) is 0.703. The molecule has 0 saturated carbocycles. The molecule has 0 aliphatic rings. The molecule has 0 bridgehead atoms. The van der Waals surface area contributed by atoms with Gasteiger partial charge in [-0.3, -0.25) is 0 Å². The van der Waals surface area contributed by atoms with Crippen molar-refractivity contribution in [1.82, 2.24) is 3.71 Å². The maximum absolute atomic E-state index is 13.1. The minimum atomic E-state index is -4.23. The van der Waals surface area contributed by atoms with E-state index in [2.05, 4.69) is 0 Å². The van der Waals surface area contributed by atoms with Crippen molar-refractivity contribution in [3.05, 3.63) is 71.3 Å². The topological polar surface area (TPSA) is 71.5 Å². The van der Waals surface area contributed by atoms with Crippen LogP contribution in [-0.4, -0.2) is 27.1 Å². The molecule has 0 aromatic heterocycles. The molecular formula is C19H23NO4S2. The molecule has 0 unspecified atom stereocenters. The van der Waals surface area contributed by atoms with Gasteiger partial charge < -0.3 is 0 Å². The second-order valence-corrected chi connectivity index (χ2v) is 10.3. The van der Waals surface area contributed by atoms with Crippen LogP contribution in [0.4, 0.5) is 0 Å². The summed E-state index contributed by atoms with van der Waals surface area (Å²) in [7, 11) is -8.46. The van der Waals surface area contributed by atoms with E-state index in [9.17, 15) is 16.8 Å². The van der Waals surface area contributed by atoms with Crippen LogP contribution >= 0.6 is 0 Å². The van der Waals surface area contributed by atoms with Gasteiger partial charge in [-0.25, -0.2) is 16.8 Å². The van der Waals surface area contributed by atoms with Gasteiger partial charge in [0, 0.05) is 6.54 Å². The van der Waals surface area contributed by atoms with Gasteiger partial charge in [0.1, 0.15) is 0 Å². The van der Waals surface area contributed by atoms with E-state index in [0.29, 0.717) is 3.71 Å². The van der Waals surface area contributed by atoms with Crippen molar-refractivity contribution in [1.29, 1.82) is 0 Å². The number of sulfonamides is 2. The van der Waals surface area contributed by atoms with Gasteiger partial charge in [-0.2, -0.15) is 0 Å². The number of rotatable bonds is 6. The van der Waals surface area contributed by atoms with E-state index in [4.69, 9.17) is 0 Å². The third kappa shape index (κ3) is 4.41. The highest BCUT2D eigenvalue weighted by atomic mass is 32.3. The van der Waals surface area contributed by atoms with Crippen molar-refractivity contribution in [3.63, 3.8) is 0 Å². The smallest absolute Gasteiger partial charge is 0.206 e. The first-order valence-corrected chi connectivity index (χ1v) is 11.0. The van der Waals surface area contributed by atoms with Crippen LogP contribution < -0.4 is 0 Å². The van der Waals surface area contributed by atoms with Crippen LogP contribution in [0.25, 0.3) is 0 Å². The van der Waals surface area contributed by atoms with Crippen molar-refractivity contribution in [2.45, 2.75) is 37.5 Å². The number of hydrogen-bond acceptors (Lipinski definition) is 4. The summed E-state index contributed by atoms with van der Waals surface area (Å²) in [6.45, 7) is 6.99. The molecule has 2 aromatic carbocycles. The molecule has 0 radical (unpaired) electrons. The van der Waals surface area contributed by atoms with Gasteiger partial charge in [0.05, 0.1) is 9.79 Å². The molecule has 0 spiro atoms. The van der Waals surface area contributed by atoms with E-state index in [1.807, 2.05) is 13.8 Å². The summed E-state index contributed by atoms with van der Waals surface area (Å²) in [4.78, 5) is -0.109. The number of nitrogens with zero attached hydrogens (tertiary/aromatic N) is 1. The highest BCUT2D eigenvalue weighted by Crippen LogP contribution is 2.25. The van der Waals surface area contributed by atoms with Crippen LogP contribution in [0.3, 0.4) is 0 Å². The van der Waals surface area contributed by atoms with E-state index in [0.717, 1.165) is 16.7 Å². The van der Waals surface area contributed by atoms with Crippen LogP contribution in [-0.2, 0) is 20.0 Å². The molecule has 0 fully saturated rings. The molecule has 0 atom stereocenters. The maximum atomic E-state index is 13.1. The predicted octanol–water partition coefficient (Wildman–Crippen LogP) is 3.65. The Hall–Kier alpha value is -1.96. The first-order chi connectivity index (χ1) is 12.0. The molecule has 2 rings (SSSR count). The number of allylic oxidation sites excluding steroid dienone is 1. The number of benzene rings is 2. The average Bonchev–Trinajstić information content (AvgIpc) is 2.55. The van der Waals surface area contributed by atoms with Gasteiger partial charge >= 0.3 is 0 Å². The zero-order chi connectivity index (χ0) is 19.5. The van der Waals surface area contributed by atoms with Gasteiger partial charge in [-0.15, -0.1) is 0 Å². The summed E-state index contributed by atoms with van der Waals surface area (Å²) in [5, 5.41) is 0. The summed E-state index contributed by atoms with van der Waals surface area (Å²) in [5.41, 5.74) is 2.61. The first kappa shape index (κ1) is 20.4. The third-order valence-corrected chi connectivity index (χ3v) is 8.11. The van der Waals surface area contributed by atoms with Crippen LogP contribution in [0.15, 0.2) is 70.0 Å². The molecule has 0 heterocycles. The van der Waals surface area contributed by atoms with Crippen molar-refractivity contribution in [2.75, 3.05) is 6.54 Å². The van der Waals surface area contributed by atoms with Crippen LogP contribution in [0, 0.1) is 13.8 Å². The second-order valence-electron chi connectivity index (χ2n) is 6.37. The minimum absolute atomic E-state index is 0.0547. The van der Waals surface area contributed by atoms with Crippen LogP contribution in [0.5, 0.6) is 0 Å². The summed E-state index contributed by atoms with van der Waals surface area (Å²) < 4.78 is 52.8. The lowest BCUT2D eigenvalue weighted by Crippen LogP contribution is -2.37. The van der Waals surface area contributed by atoms with Crippen molar-refractivity contribution in [3.8, 4) is 0 Å². The highest BCUT2D eigenvalue weighted by molar-refractivity contribution is 8.04. The molecule has 140 valence electrons. The normalized spacial score (nSPS) is 12.2. The van der Waals surface area contributed by atoms with Crippen LogP contribution in [0.2, 0.25) is 0 Å². The molecule has 0 N–H and O–H groups in total. The lowest BCUT2D eigenvalue weighted by Gasteiger charge is -2.21. The molecule has 0 aliphatic heterocycles. The Kier molecular flexibility index (Phi) is 6.05. The lowest BCUT2D eigenvalue weighted by molar-refractivity contribution is 0.513. The Morgan fingerprint density at radius 2 is 1.12 bits per heavy atom. The van der Waals surface area contributed by atoms with E-state index in [1.54, 1.807) is 44.2 Å². The largest absolute Gasteiger partial charge is 0.256 e.